The van der Waals surface area contributed by atoms with Gasteiger partial charge in [-0.2, -0.15) is 0 Å². The molecule has 0 aliphatic heterocycles. The van der Waals surface area contributed by atoms with E-state index in [1.807, 2.05) is 7.05 Å². The number of benzene rings is 1. The number of amides is 1. The Bertz CT molecular complexity index is 483. The predicted octanol–water partition coefficient (Wildman–Crippen LogP) is 3.10. The molecule has 1 aromatic rings. The van der Waals surface area contributed by atoms with Gasteiger partial charge in [-0.3, -0.25) is 4.79 Å². The second-order valence-corrected chi connectivity index (χ2v) is 6.69. The van der Waals surface area contributed by atoms with Crippen molar-refractivity contribution in [3.63, 3.8) is 0 Å². The molecule has 0 fully saturated rings. The maximum Gasteiger partial charge on any atom is 0.224 e. The molecule has 21 heavy (non-hydrogen) atoms. The van der Waals surface area contributed by atoms with E-state index in [0.717, 1.165) is 19.5 Å². The van der Waals surface area contributed by atoms with Crippen LogP contribution < -0.4 is 11.1 Å². The molecule has 0 saturated heterocycles. The van der Waals surface area contributed by atoms with Crippen LogP contribution in [0.3, 0.4) is 0 Å². The molecule has 0 aromatic heterocycles. The number of carbonyl (C=O) groups is 1. The highest BCUT2D eigenvalue weighted by atomic mass is 19.1. The van der Waals surface area contributed by atoms with Gasteiger partial charge < -0.3 is 16.0 Å². The zero-order valence-corrected chi connectivity index (χ0v) is 13.4. The molecule has 0 radical (unpaired) electrons. The summed E-state index contributed by atoms with van der Waals surface area (Å²) in [5.74, 6) is -0.661. The fourth-order valence-corrected chi connectivity index (χ4v) is 2.25. The average molecular weight is 295 g/mol. The van der Waals surface area contributed by atoms with Crippen molar-refractivity contribution < 1.29 is 9.18 Å². The molecule has 1 amide bonds. The zero-order chi connectivity index (χ0) is 16.0. The van der Waals surface area contributed by atoms with Crippen LogP contribution in [0.25, 0.3) is 0 Å². The minimum absolute atomic E-state index is 0.142. The van der Waals surface area contributed by atoms with Crippen molar-refractivity contribution in [1.82, 2.24) is 4.90 Å². The molecular formula is C16H26FN3O. The summed E-state index contributed by atoms with van der Waals surface area (Å²) in [5.41, 5.74) is 6.38. The summed E-state index contributed by atoms with van der Waals surface area (Å²) in [7, 11) is 2.04. The minimum atomic E-state index is -0.470. The SMILES string of the molecule is CN(CCCC(=O)Nc1cc(N)ccc1F)CC(C)(C)C. The van der Waals surface area contributed by atoms with Crippen LogP contribution in [0.15, 0.2) is 18.2 Å². The molecule has 1 rings (SSSR count). The molecule has 0 spiro atoms. The maximum absolute atomic E-state index is 13.5. The van der Waals surface area contributed by atoms with Gasteiger partial charge in [0, 0.05) is 18.7 Å². The largest absolute Gasteiger partial charge is 0.399 e. The standard InChI is InChI=1S/C16H26FN3O/c1-16(2,3)11-20(4)9-5-6-15(21)19-14-10-12(18)7-8-13(14)17/h7-8,10H,5-6,9,11,18H2,1-4H3,(H,19,21). The van der Waals surface area contributed by atoms with Gasteiger partial charge in [0.05, 0.1) is 5.69 Å². The number of hydrogen-bond acceptors (Lipinski definition) is 3. The van der Waals surface area contributed by atoms with Gasteiger partial charge in [-0.05, 0) is 43.6 Å². The topological polar surface area (TPSA) is 58.4 Å². The lowest BCUT2D eigenvalue weighted by Crippen LogP contribution is -2.30. The third kappa shape index (κ3) is 7.09. The van der Waals surface area contributed by atoms with Crippen LogP contribution >= 0.6 is 0 Å². The Morgan fingerprint density at radius 2 is 2.05 bits per heavy atom. The number of nitrogens with two attached hydrogens (primary N) is 1. The summed E-state index contributed by atoms with van der Waals surface area (Å²) >= 11 is 0. The molecule has 0 aliphatic rings. The van der Waals surface area contributed by atoms with Crippen LogP contribution in [0.5, 0.6) is 0 Å². The first-order valence-corrected chi connectivity index (χ1v) is 7.21. The number of carbonyl (C=O) groups excluding carboxylic acids is 1. The van der Waals surface area contributed by atoms with Crippen molar-refractivity contribution in [2.75, 3.05) is 31.2 Å². The van der Waals surface area contributed by atoms with Crippen molar-refractivity contribution in [2.45, 2.75) is 33.6 Å². The van der Waals surface area contributed by atoms with E-state index in [9.17, 15) is 9.18 Å². The quantitative estimate of drug-likeness (QED) is 0.793. The molecule has 0 saturated carbocycles. The summed E-state index contributed by atoms with van der Waals surface area (Å²) in [6.07, 6.45) is 1.10. The van der Waals surface area contributed by atoms with Crippen LogP contribution in [0.2, 0.25) is 0 Å². The van der Waals surface area contributed by atoms with Gasteiger partial charge in [0.2, 0.25) is 5.91 Å². The zero-order valence-electron chi connectivity index (χ0n) is 13.4. The molecular weight excluding hydrogens is 269 g/mol. The number of rotatable bonds is 6. The molecule has 3 N–H and O–H groups in total. The van der Waals surface area contributed by atoms with Gasteiger partial charge in [0.25, 0.3) is 0 Å². The summed E-state index contributed by atoms with van der Waals surface area (Å²) in [6.45, 7) is 8.35. The van der Waals surface area contributed by atoms with Gasteiger partial charge in [-0.1, -0.05) is 20.8 Å². The van der Waals surface area contributed by atoms with Gasteiger partial charge >= 0.3 is 0 Å². The van der Waals surface area contributed by atoms with E-state index in [1.54, 1.807) is 0 Å². The fraction of sp³-hybridized carbons (Fsp3) is 0.562. The smallest absolute Gasteiger partial charge is 0.224 e. The Kier molecular flexibility index (Phi) is 6.15. The molecule has 0 heterocycles. The van der Waals surface area contributed by atoms with Crippen LogP contribution in [-0.4, -0.2) is 30.9 Å². The summed E-state index contributed by atoms with van der Waals surface area (Å²) in [6, 6.07) is 4.15. The normalized spacial score (nSPS) is 11.7. The van der Waals surface area contributed by atoms with E-state index in [-0.39, 0.29) is 17.0 Å². The molecule has 0 bridgehead atoms. The lowest BCUT2D eigenvalue weighted by atomic mass is 9.96. The average Bonchev–Trinajstić information content (AvgIpc) is 2.31. The number of hydrogen-bond donors (Lipinski definition) is 2. The van der Waals surface area contributed by atoms with Crippen molar-refractivity contribution in [1.29, 1.82) is 0 Å². The fourth-order valence-electron chi connectivity index (χ4n) is 2.25. The molecule has 0 aliphatic carbocycles. The Morgan fingerprint density at radius 1 is 1.38 bits per heavy atom. The monoisotopic (exact) mass is 295 g/mol. The molecule has 4 nitrogen and oxygen atoms in total. The molecule has 118 valence electrons. The number of anilines is 2. The number of nitrogen functional groups attached to an aromatic ring is 1. The van der Waals surface area contributed by atoms with Crippen molar-refractivity contribution in [3.8, 4) is 0 Å². The Morgan fingerprint density at radius 3 is 2.67 bits per heavy atom. The molecule has 1 aromatic carbocycles. The minimum Gasteiger partial charge on any atom is -0.399 e. The predicted molar refractivity (Wildman–Crippen MR) is 85.6 cm³/mol. The molecule has 5 heteroatoms. The van der Waals surface area contributed by atoms with Gasteiger partial charge in [0.1, 0.15) is 5.82 Å². The van der Waals surface area contributed by atoms with Crippen molar-refractivity contribution >= 4 is 17.3 Å². The van der Waals surface area contributed by atoms with Crippen LogP contribution in [0, 0.1) is 11.2 Å². The van der Waals surface area contributed by atoms with Crippen molar-refractivity contribution in [3.05, 3.63) is 24.0 Å². The summed E-state index contributed by atoms with van der Waals surface area (Å²) < 4.78 is 13.5. The summed E-state index contributed by atoms with van der Waals surface area (Å²) in [4.78, 5) is 14.0. The lowest BCUT2D eigenvalue weighted by Gasteiger charge is -2.26. The first-order valence-electron chi connectivity index (χ1n) is 7.21. The lowest BCUT2D eigenvalue weighted by molar-refractivity contribution is -0.116. The Labute approximate surface area is 126 Å². The van der Waals surface area contributed by atoms with Crippen LogP contribution in [0.4, 0.5) is 15.8 Å². The first-order chi connectivity index (χ1) is 9.67. The highest BCUT2D eigenvalue weighted by Crippen LogP contribution is 2.18. The van der Waals surface area contributed by atoms with Gasteiger partial charge in [0.15, 0.2) is 0 Å². The number of nitrogens with one attached hydrogen (secondary N) is 1. The van der Waals surface area contributed by atoms with E-state index in [4.69, 9.17) is 5.73 Å². The third-order valence-corrected chi connectivity index (χ3v) is 2.95. The van der Waals surface area contributed by atoms with Crippen LogP contribution in [0.1, 0.15) is 33.6 Å². The second kappa shape index (κ2) is 7.41. The molecule has 0 atom stereocenters. The number of halogens is 1. The molecule has 0 unspecified atom stereocenters. The van der Waals surface area contributed by atoms with Gasteiger partial charge in [-0.15, -0.1) is 0 Å². The highest BCUT2D eigenvalue weighted by Gasteiger charge is 2.13. The van der Waals surface area contributed by atoms with E-state index >= 15 is 0 Å². The van der Waals surface area contributed by atoms with E-state index in [0.29, 0.717) is 12.1 Å². The Balaban J connectivity index is 2.36. The highest BCUT2D eigenvalue weighted by molar-refractivity contribution is 5.91. The maximum atomic E-state index is 13.5. The van der Waals surface area contributed by atoms with Crippen molar-refractivity contribution in [2.24, 2.45) is 5.41 Å². The van der Waals surface area contributed by atoms with E-state index in [1.165, 1.54) is 18.2 Å². The van der Waals surface area contributed by atoms with E-state index in [2.05, 4.69) is 31.0 Å². The Hall–Kier alpha value is -1.62. The second-order valence-electron chi connectivity index (χ2n) is 6.69. The number of nitrogens with zero attached hydrogens (tertiary/aromatic N) is 1. The van der Waals surface area contributed by atoms with Gasteiger partial charge in [-0.25, -0.2) is 4.39 Å². The van der Waals surface area contributed by atoms with Crippen LogP contribution in [-0.2, 0) is 4.79 Å². The third-order valence-electron chi connectivity index (χ3n) is 2.95. The van der Waals surface area contributed by atoms with E-state index < -0.39 is 5.82 Å². The summed E-state index contributed by atoms with van der Waals surface area (Å²) in [5, 5.41) is 2.56. The first kappa shape index (κ1) is 17.4.